The van der Waals surface area contributed by atoms with Crippen molar-refractivity contribution in [2.45, 2.75) is 44.1 Å². The van der Waals surface area contributed by atoms with Crippen molar-refractivity contribution in [2.75, 3.05) is 23.0 Å². The van der Waals surface area contributed by atoms with Gasteiger partial charge in [-0.3, -0.25) is 4.79 Å². The lowest BCUT2D eigenvalue weighted by Crippen LogP contribution is -2.38. The van der Waals surface area contributed by atoms with Crippen LogP contribution in [-0.2, 0) is 19.4 Å². The molecule has 2 amide bonds. The highest BCUT2D eigenvalue weighted by atomic mass is 32.2. The fourth-order valence-electron chi connectivity index (χ4n) is 3.27. The lowest BCUT2D eigenvalue weighted by atomic mass is 10.2. The van der Waals surface area contributed by atoms with Gasteiger partial charge in [0.1, 0.15) is 17.2 Å². The molecular weight excluding hydrogens is 452 g/mol. The predicted octanol–water partition coefficient (Wildman–Crippen LogP) is 2.48. The first-order valence-electron chi connectivity index (χ1n) is 9.54. The van der Waals surface area contributed by atoms with Crippen LogP contribution < -0.4 is 10.2 Å². The minimum absolute atomic E-state index is 0.0126. The predicted molar refractivity (Wildman–Crippen MR) is 114 cm³/mol. The molecule has 0 spiro atoms. The summed E-state index contributed by atoms with van der Waals surface area (Å²) in [6.45, 7) is 5.12. The van der Waals surface area contributed by atoms with E-state index >= 15 is 0 Å². The van der Waals surface area contributed by atoms with Crippen LogP contribution in [0.15, 0.2) is 23.2 Å². The number of rotatable bonds is 4. The Labute approximate surface area is 183 Å². The molecule has 2 fully saturated rings. The Morgan fingerprint density at radius 2 is 2.00 bits per heavy atom. The molecule has 2 aliphatic rings. The molecule has 170 valence electrons. The number of aliphatic imine (C=N–C) groups is 1. The standard InChI is InChI=1S/C19H23F2N3O5S2/c1-19(2,3)29-18(26)22-7-6-16(25)23-17-24(13-5-4-11(20)8-12(13)21)14-9-31(27,28)10-15(14)30-17/h4-5,8,14-15H,6-7,9-10H2,1-3H3,(H,22,26)/t14-,15-/m1/s1. The van der Waals surface area contributed by atoms with E-state index in [-0.39, 0.29) is 35.3 Å². The Morgan fingerprint density at radius 3 is 2.65 bits per heavy atom. The van der Waals surface area contributed by atoms with E-state index in [1.54, 1.807) is 20.8 Å². The number of amides is 2. The van der Waals surface area contributed by atoms with E-state index in [1.165, 1.54) is 11.0 Å². The van der Waals surface area contributed by atoms with Gasteiger partial charge in [0, 0.05) is 24.3 Å². The second kappa shape index (κ2) is 8.73. The summed E-state index contributed by atoms with van der Waals surface area (Å²) in [4.78, 5) is 29.4. The van der Waals surface area contributed by atoms with Gasteiger partial charge in [0.05, 0.1) is 23.2 Å². The third-order valence-corrected chi connectivity index (χ3v) is 7.67. The van der Waals surface area contributed by atoms with Crippen LogP contribution in [0.3, 0.4) is 0 Å². The molecule has 1 N–H and O–H groups in total. The van der Waals surface area contributed by atoms with Crippen molar-refractivity contribution in [2.24, 2.45) is 4.99 Å². The average molecular weight is 476 g/mol. The highest BCUT2D eigenvalue weighted by Gasteiger charge is 2.50. The lowest BCUT2D eigenvalue weighted by molar-refractivity contribution is -0.117. The van der Waals surface area contributed by atoms with Gasteiger partial charge in [-0.15, -0.1) is 0 Å². The average Bonchev–Trinajstić information content (AvgIpc) is 3.04. The Hall–Kier alpha value is -2.21. The van der Waals surface area contributed by atoms with Crippen LogP contribution in [0, 0.1) is 11.6 Å². The minimum Gasteiger partial charge on any atom is -0.444 e. The number of ether oxygens (including phenoxy) is 1. The maximum Gasteiger partial charge on any atom is 0.407 e. The summed E-state index contributed by atoms with van der Waals surface area (Å²) in [7, 11) is -3.32. The first kappa shape index (κ1) is 23.5. The summed E-state index contributed by atoms with van der Waals surface area (Å²) in [6, 6.07) is 2.34. The summed E-state index contributed by atoms with van der Waals surface area (Å²) in [5.74, 6) is -2.55. The van der Waals surface area contributed by atoms with Gasteiger partial charge in [0.2, 0.25) is 5.91 Å². The molecule has 0 saturated carbocycles. The van der Waals surface area contributed by atoms with Gasteiger partial charge in [0.25, 0.3) is 0 Å². The molecule has 0 radical (unpaired) electrons. The molecule has 2 atom stereocenters. The molecule has 8 nitrogen and oxygen atoms in total. The number of benzene rings is 1. The summed E-state index contributed by atoms with van der Waals surface area (Å²) >= 11 is 1.08. The van der Waals surface area contributed by atoms with Crippen LogP contribution in [-0.4, -0.2) is 60.5 Å². The second-order valence-electron chi connectivity index (χ2n) is 8.23. The lowest BCUT2D eigenvalue weighted by Gasteiger charge is -2.24. The minimum atomic E-state index is -3.32. The second-order valence-corrected chi connectivity index (χ2v) is 11.6. The van der Waals surface area contributed by atoms with Crippen LogP contribution >= 0.6 is 11.8 Å². The summed E-state index contributed by atoms with van der Waals surface area (Å²) < 4.78 is 57.0. The quantitative estimate of drug-likeness (QED) is 0.713. The van der Waals surface area contributed by atoms with E-state index in [9.17, 15) is 26.8 Å². The van der Waals surface area contributed by atoms with E-state index in [0.29, 0.717) is 6.07 Å². The topological polar surface area (TPSA) is 105 Å². The highest BCUT2D eigenvalue weighted by Crippen LogP contribution is 2.41. The van der Waals surface area contributed by atoms with E-state index in [1.807, 2.05) is 0 Å². The van der Waals surface area contributed by atoms with E-state index < -0.39 is 50.4 Å². The van der Waals surface area contributed by atoms with Gasteiger partial charge >= 0.3 is 6.09 Å². The zero-order valence-electron chi connectivity index (χ0n) is 17.2. The van der Waals surface area contributed by atoms with Gasteiger partial charge in [-0.2, -0.15) is 4.99 Å². The molecule has 12 heteroatoms. The normalized spacial score (nSPS) is 23.6. The third kappa shape index (κ3) is 5.94. The number of nitrogens with zero attached hydrogens (tertiary/aromatic N) is 2. The molecule has 0 aliphatic carbocycles. The number of amidine groups is 1. The Bertz CT molecular complexity index is 1020. The number of carbonyl (C=O) groups is 2. The number of sulfone groups is 1. The smallest absolute Gasteiger partial charge is 0.407 e. The molecular formula is C19H23F2N3O5S2. The van der Waals surface area contributed by atoms with Crippen LogP contribution in [0.25, 0.3) is 0 Å². The summed E-state index contributed by atoms with van der Waals surface area (Å²) in [5, 5.41) is 2.19. The van der Waals surface area contributed by atoms with Gasteiger partial charge in [-0.05, 0) is 32.9 Å². The van der Waals surface area contributed by atoms with Gasteiger partial charge in [0.15, 0.2) is 15.0 Å². The number of hydrogen-bond donors (Lipinski definition) is 1. The fraction of sp³-hybridized carbons (Fsp3) is 0.526. The van der Waals surface area contributed by atoms with Gasteiger partial charge in [-0.1, -0.05) is 11.8 Å². The van der Waals surface area contributed by atoms with E-state index in [0.717, 1.165) is 17.8 Å². The van der Waals surface area contributed by atoms with Crippen molar-refractivity contribution in [1.29, 1.82) is 0 Å². The molecule has 0 unspecified atom stereocenters. The van der Waals surface area contributed by atoms with Crippen molar-refractivity contribution in [3.63, 3.8) is 0 Å². The number of hydrogen-bond acceptors (Lipinski definition) is 6. The number of nitrogens with one attached hydrogen (secondary N) is 1. The largest absolute Gasteiger partial charge is 0.444 e. The highest BCUT2D eigenvalue weighted by molar-refractivity contribution is 8.16. The Morgan fingerprint density at radius 1 is 1.29 bits per heavy atom. The van der Waals surface area contributed by atoms with Crippen molar-refractivity contribution < 1.29 is 31.5 Å². The molecule has 2 heterocycles. The van der Waals surface area contributed by atoms with E-state index in [2.05, 4.69) is 10.3 Å². The maximum absolute atomic E-state index is 14.4. The maximum atomic E-state index is 14.4. The zero-order chi connectivity index (χ0) is 23.0. The van der Waals surface area contributed by atoms with Crippen LogP contribution in [0.2, 0.25) is 0 Å². The summed E-state index contributed by atoms with van der Waals surface area (Å²) in [6.07, 6.45) is -0.797. The van der Waals surface area contributed by atoms with Crippen LogP contribution in [0.5, 0.6) is 0 Å². The SMILES string of the molecule is CC(C)(C)OC(=O)NCCC(=O)N=C1S[C@@H]2CS(=O)(=O)C[C@H]2N1c1ccc(F)cc1F. The number of fused-ring (bicyclic) bond motifs is 1. The van der Waals surface area contributed by atoms with Crippen molar-refractivity contribution >= 4 is 44.5 Å². The number of anilines is 1. The monoisotopic (exact) mass is 475 g/mol. The Balaban J connectivity index is 1.75. The molecule has 2 aliphatic heterocycles. The molecule has 1 aromatic carbocycles. The van der Waals surface area contributed by atoms with Crippen LogP contribution in [0.4, 0.5) is 19.3 Å². The number of alkyl carbamates (subject to hydrolysis) is 1. The van der Waals surface area contributed by atoms with Crippen molar-refractivity contribution in [3.05, 3.63) is 29.8 Å². The van der Waals surface area contributed by atoms with Gasteiger partial charge < -0.3 is 15.0 Å². The fourth-order valence-corrected chi connectivity index (χ4v) is 7.20. The van der Waals surface area contributed by atoms with Crippen molar-refractivity contribution in [3.8, 4) is 0 Å². The first-order valence-corrected chi connectivity index (χ1v) is 12.2. The Kier molecular flexibility index (Phi) is 6.61. The molecule has 1 aromatic rings. The zero-order valence-corrected chi connectivity index (χ0v) is 18.9. The van der Waals surface area contributed by atoms with Gasteiger partial charge in [-0.25, -0.2) is 22.0 Å². The van der Waals surface area contributed by atoms with Crippen molar-refractivity contribution in [1.82, 2.24) is 5.32 Å². The molecule has 2 saturated heterocycles. The molecule has 3 rings (SSSR count). The number of thioether (sulfide) groups is 1. The van der Waals surface area contributed by atoms with Crippen LogP contribution in [0.1, 0.15) is 27.2 Å². The molecule has 31 heavy (non-hydrogen) atoms. The number of carbonyl (C=O) groups excluding carboxylic acids is 2. The first-order chi connectivity index (χ1) is 14.3. The summed E-state index contributed by atoms with van der Waals surface area (Å²) in [5.41, 5.74) is -0.718. The number of halogens is 2. The molecule has 0 bridgehead atoms. The van der Waals surface area contributed by atoms with E-state index in [4.69, 9.17) is 4.74 Å². The third-order valence-electron chi connectivity index (χ3n) is 4.46. The molecule has 0 aromatic heterocycles.